The Morgan fingerprint density at radius 2 is 2.00 bits per heavy atom. The van der Waals surface area contributed by atoms with Gasteiger partial charge in [-0.1, -0.05) is 0 Å². The number of amides is 2. The summed E-state index contributed by atoms with van der Waals surface area (Å²) in [6, 6.07) is -2.10. The molecule has 0 saturated carbocycles. The second kappa shape index (κ2) is 6.09. The van der Waals surface area contributed by atoms with Crippen LogP contribution in [-0.2, 0) is 4.79 Å². The molecular formula is C10H15F3N2O4. The number of aliphatic hydroxyl groups excluding tert-OH is 1. The maximum Gasteiger partial charge on any atom is 0.406 e. The van der Waals surface area contributed by atoms with Crippen molar-refractivity contribution in [1.82, 2.24) is 9.80 Å². The molecular weight excluding hydrogens is 269 g/mol. The smallest absolute Gasteiger partial charge is 0.406 e. The zero-order valence-electron chi connectivity index (χ0n) is 10.1. The van der Waals surface area contributed by atoms with Crippen LogP contribution in [0.2, 0.25) is 0 Å². The summed E-state index contributed by atoms with van der Waals surface area (Å²) in [6.45, 7) is -2.50. The molecule has 0 bridgehead atoms. The number of likely N-dealkylation sites (tertiary alicyclic amines) is 1. The summed E-state index contributed by atoms with van der Waals surface area (Å²) in [4.78, 5) is 24.1. The van der Waals surface area contributed by atoms with E-state index >= 15 is 0 Å². The molecule has 1 saturated heterocycles. The lowest BCUT2D eigenvalue weighted by Gasteiger charge is -2.30. The highest BCUT2D eigenvalue weighted by Gasteiger charge is 2.39. The van der Waals surface area contributed by atoms with Crippen LogP contribution < -0.4 is 0 Å². The summed E-state index contributed by atoms with van der Waals surface area (Å²) in [5.74, 6) is -1.23. The largest absolute Gasteiger partial charge is 0.480 e. The number of hydrogen-bond donors (Lipinski definition) is 2. The highest BCUT2D eigenvalue weighted by Crippen LogP contribution is 2.22. The number of carboxylic acids is 1. The Hall–Kier alpha value is -1.51. The molecule has 1 rings (SSSR count). The van der Waals surface area contributed by atoms with Crippen molar-refractivity contribution >= 4 is 12.0 Å². The lowest BCUT2D eigenvalue weighted by atomic mass is 10.2. The Kier molecular flexibility index (Phi) is 4.98. The van der Waals surface area contributed by atoms with Crippen molar-refractivity contribution in [3.8, 4) is 0 Å². The van der Waals surface area contributed by atoms with E-state index in [1.54, 1.807) is 0 Å². The van der Waals surface area contributed by atoms with Gasteiger partial charge >= 0.3 is 18.2 Å². The molecule has 1 aliphatic heterocycles. The van der Waals surface area contributed by atoms with Gasteiger partial charge in [0.05, 0.1) is 6.61 Å². The zero-order chi connectivity index (χ0) is 14.6. The third-order valence-electron chi connectivity index (χ3n) is 2.79. The van der Waals surface area contributed by atoms with E-state index in [-0.39, 0.29) is 13.0 Å². The van der Waals surface area contributed by atoms with Crippen molar-refractivity contribution in [2.45, 2.75) is 25.1 Å². The maximum atomic E-state index is 12.3. The summed E-state index contributed by atoms with van der Waals surface area (Å²) in [6.07, 6.45) is -3.94. The molecule has 1 heterocycles. The Morgan fingerprint density at radius 1 is 1.37 bits per heavy atom. The van der Waals surface area contributed by atoms with Crippen LogP contribution in [0, 0.1) is 0 Å². The molecule has 1 fully saturated rings. The third kappa shape index (κ3) is 4.27. The lowest BCUT2D eigenvalue weighted by molar-refractivity contribution is -0.144. The molecule has 110 valence electrons. The molecule has 0 aliphatic carbocycles. The van der Waals surface area contributed by atoms with Gasteiger partial charge < -0.3 is 20.0 Å². The van der Waals surface area contributed by atoms with Gasteiger partial charge in [0.15, 0.2) is 0 Å². The average Bonchev–Trinajstić information content (AvgIpc) is 2.74. The van der Waals surface area contributed by atoms with Gasteiger partial charge in [-0.05, 0) is 12.8 Å². The van der Waals surface area contributed by atoms with Crippen LogP contribution in [0.5, 0.6) is 0 Å². The summed E-state index contributed by atoms with van der Waals surface area (Å²) >= 11 is 0. The predicted octanol–water partition coefficient (Wildman–Crippen LogP) is 0.512. The molecule has 2 amide bonds. The first kappa shape index (κ1) is 15.5. The van der Waals surface area contributed by atoms with Gasteiger partial charge in [0.2, 0.25) is 0 Å². The van der Waals surface area contributed by atoms with Crippen LogP contribution in [0.4, 0.5) is 18.0 Å². The van der Waals surface area contributed by atoms with Gasteiger partial charge in [-0.2, -0.15) is 13.2 Å². The van der Waals surface area contributed by atoms with Crippen molar-refractivity contribution in [3.05, 3.63) is 0 Å². The molecule has 9 heteroatoms. The van der Waals surface area contributed by atoms with Crippen molar-refractivity contribution in [3.63, 3.8) is 0 Å². The van der Waals surface area contributed by atoms with E-state index in [1.165, 1.54) is 0 Å². The average molecular weight is 284 g/mol. The monoisotopic (exact) mass is 284 g/mol. The van der Waals surface area contributed by atoms with E-state index in [2.05, 4.69) is 0 Å². The maximum absolute atomic E-state index is 12.3. The van der Waals surface area contributed by atoms with Crippen LogP contribution >= 0.6 is 0 Å². The number of halogens is 3. The molecule has 0 aromatic carbocycles. The van der Waals surface area contributed by atoms with Gasteiger partial charge in [0.25, 0.3) is 0 Å². The molecule has 1 atom stereocenters. The minimum absolute atomic E-state index is 0.107. The summed E-state index contributed by atoms with van der Waals surface area (Å²) < 4.78 is 37.0. The van der Waals surface area contributed by atoms with E-state index in [9.17, 15) is 22.8 Å². The van der Waals surface area contributed by atoms with Crippen LogP contribution in [-0.4, -0.2) is 70.5 Å². The van der Waals surface area contributed by atoms with Crippen LogP contribution in [0.3, 0.4) is 0 Å². The Morgan fingerprint density at radius 3 is 2.47 bits per heavy atom. The number of carbonyl (C=O) groups excluding carboxylic acids is 1. The third-order valence-corrected chi connectivity index (χ3v) is 2.79. The number of alkyl halides is 3. The van der Waals surface area contributed by atoms with E-state index in [1.807, 2.05) is 0 Å². The van der Waals surface area contributed by atoms with Crippen molar-refractivity contribution in [2.75, 3.05) is 26.2 Å². The molecule has 2 N–H and O–H groups in total. The normalized spacial score (nSPS) is 19.6. The number of rotatable bonds is 4. The fourth-order valence-corrected chi connectivity index (χ4v) is 2.01. The molecule has 6 nitrogen and oxygen atoms in total. The molecule has 0 aromatic rings. The number of carbonyl (C=O) groups is 2. The van der Waals surface area contributed by atoms with Crippen molar-refractivity contribution in [1.29, 1.82) is 0 Å². The fourth-order valence-electron chi connectivity index (χ4n) is 2.01. The van der Waals surface area contributed by atoms with Gasteiger partial charge in [0, 0.05) is 13.1 Å². The molecule has 19 heavy (non-hydrogen) atoms. The Balaban J connectivity index is 2.78. The fraction of sp³-hybridized carbons (Fsp3) is 0.800. The number of aliphatic carboxylic acids is 1. The zero-order valence-corrected chi connectivity index (χ0v) is 10.1. The summed E-state index contributed by atoms with van der Waals surface area (Å²) in [5.41, 5.74) is 0. The van der Waals surface area contributed by atoms with Gasteiger partial charge in [-0.3, -0.25) is 0 Å². The summed E-state index contributed by atoms with van der Waals surface area (Å²) in [7, 11) is 0. The highest BCUT2D eigenvalue weighted by atomic mass is 19.4. The van der Waals surface area contributed by atoms with Crippen LogP contribution in [0.1, 0.15) is 12.8 Å². The quantitative estimate of drug-likeness (QED) is 0.788. The second-order valence-electron chi connectivity index (χ2n) is 4.23. The van der Waals surface area contributed by atoms with E-state index in [0.717, 1.165) is 4.90 Å². The van der Waals surface area contributed by atoms with Gasteiger partial charge in [-0.25, -0.2) is 9.59 Å². The summed E-state index contributed by atoms with van der Waals surface area (Å²) in [5, 5.41) is 17.6. The highest BCUT2D eigenvalue weighted by molar-refractivity contribution is 5.83. The number of urea groups is 1. The SMILES string of the molecule is O=C(O)[C@@H]1CCCN1C(=O)N(CCO)CC(F)(F)F. The van der Waals surface area contributed by atoms with Crippen molar-refractivity contribution < 1.29 is 33.0 Å². The number of carboxylic acid groups (broad SMARTS) is 1. The molecule has 0 unspecified atom stereocenters. The standard InChI is InChI=1S/C10H15F3N2O4/c11-10(12,13)6-14(4-5-16)9(19)15-3-1-2-7(15)8(17)18/h7,16H,1-6H2,(H,17,18)/t7-/m0/s1. The predicted molar refractivity (Wildman–Crippen MR) is 57.5 cm³/mol. The molecule has 0 spiro atoms. The minimum atomic E-state index is -4.59. The number of nitrogens with zero attached hydrogens (tertiary/aromatic N) is 2. The van der Waals surface area contributed by atoms with E-state index in [0.29, 0.717) is 11.3 Å². The first-order valence-corrected chi connectivity index (χ1v) is 5.72. The van der Waals surface area contributed by atoms with E-state index in [4.69, 9.17) is 10.2 Å². The minimum Gasteiger partial charge on any atom is -0.480 e. The first-order chi connectivity index (χ1) is 8.76. The topological polar surface area (TPSA) is 81.1 Å². The van der Waals surface area contributed by atoms with Crippen molar-refractivity contribution in [2.24, 2.45) is 0 Å². The van der Waals surface area contributed by atoms with Crippen LogP contribution in [0.25, 0.3) is 0 Å². The molecule has 0 radical (unpaired) electrons. The van der Waals surface area contributed by atoms with Gasteiger partial charge in [-0.15, -0.1) is 0 Å². The first-order valence-electron chi connectivity index (χ1n) is 5.72. The lowest BCUT2D eigenvalue weighted by Crippen LogP contribution is -2.51. The van der Waals surface area contributed by atoms with Gasteiger partial charge in [0.1, 0.15) is 12.6 Å². The Labute approximate surface area is 107 Å². The Bertz CT molecular complexity index is 348. The number of aliphatic hydroxyl groups is 1. The molecule has 1 aliphatic rings. The second-order valence-corrected chi connectivity index (χ2v) is 4.23. The van der Waals surface area contributed by atoms with Crippen LogP contribution in [0.15, 0.2) is 0 Å². The van der Waals surface area contributed by atoms with E-state index < -0.39 is 43.9 Å². The molecule has 0 aromatic heterocycles. The number of hydrogen-bond acceptors (Lipinski definition) is 3.